The Labute approximate surface area is 523 Å². The average molecular weight is 1350 g/mol. The zero-order valence-electron chi connectivity index (χ0n) is 48.4. The number of rotatable bonds is 3. The fourth-order valence-corrected chi connectivity index (χ4v) is 11.2. The van der Waals surface area contributed by atoms with Gasteiger partial charge in [0, 0.05) is 69.5 Å². The Morgan fingerprint density at radius 1 is 0.489 bits per heavy atom. The van der Waals surface area contributed by atoms with E-state index in [0.29, 0.717) is 71.6 Å². The Kier molecular flexibility index (Phi) is 24.2. The van der Waals surface area contributed by atoms with Crippen molar-refractivity contribution < 1.29 is 80.8 Å². The third-order valence-corrected chi connectivity index (χ3v) is 16.1. The molecule has 2 N–H and O–H groups in total. The number of nitrogens with two attached hydrogens (primary N) is 1. The van der Waals surface area contributed by atoms with Crippen LogP contribution in [0.5, 0.6) is 5.75 Å². The highest BCUT2D eigenvalue weighted by Crippen LogP contribution is 2.38. The van der Waals surface area contributed by atoms with Crippen molar-refractivity contribution in [2.24, 2.45) is 5.73 Å². The van der Waals surface area contributed by atoms with Crippen LogP contribution in [0.4, 0.5) is 49.1 Å². The summed E-state index contributed by atoms with van der Waals surface area (Å²) in [6, 6.07) is 17.4. The number of hydrogen-bond donors (Lipinski definition) is 1. The second-order valence-corrected chi connectivity index (χ2v) is 25.4. The average Bonchev–Trinajstić information content (AvgIpc) is 3.70. The van der Waals surface area contributed by atoms with E-state index in [0.717, 1.165) is 46.1 Å². The molecule has 0 fully saturated rings. The van der Waals surface area contributed by atoms with Crippen LogP contribution in [0.1, 0.15) is 103 Å². The topological polar surface area (TPSA) is 217 Å². The van der Waals surface area contributed by atoms with Crippen molar-refractivity contribution in [2.45, 2.75) is 129 Å². The van der Waals surface area contributed by atoms with E-state index in [1.165, 1.54) is 17.2 Å². The molecule has 30 heteroatoms. The maximum Gasteiger partial charge on any atom is 0.534 e. The number of fused-ring (bicyclic) bond motifs is 4. The van der Waals surface area contributed by atoms with Gasteiger partial charge in [0.15, 0.2) is 5.75 Å². The molecule has 0 saturated heterocycles. The van der Waals surface area contributed by atoms with Gasteiger partial charge in [0.05, 0.1) is 26.2 Å². The van der Waals surface area contributed by atoms with Gasteiger partial charge in [-0.3, -0.25) is 9.59 Å². The van der Waals surface area contributed by atoms with Gasteiger partial charge in [-0.2, -0.15) is 58.5 Å². The SMILES string of the molecule is CC(C)(C)OC(=O)N1CCc2ccc(Cl)c(C#N)c2CC1.CC(C)(C)OC(=O)N1CCc2ccc(Cl)c(CN)c2CC1.N#Cc1c(Cl)ccc2c1CCN(C(=O)C(F)(F)F)CC2.O=C(N1CCc2ccc(Cl)c(OS(=O)(=O)C(F)(F)F)c2CC1)C(F)(F)F. The summed E-state index contributed by atoms with van der Waals surface area (Å²) in [6.45, 7) is 13.1. The molecule has 0 unspecified atom stereocenters. The third kappa shape index (κ3) is 19.3. The molecule has 0 aliphatic carbocycles. The largest absolute Gasteiger partial charge is 0.534 e. The molecule has 0 atom stereocenters. The molecule has 0 aromatic heterocycles. The Morgan fingerprint density at radius 3 is 1.15 bits per heavy atom. The van der Waals surface area contributed by atoms with Crippen LogP contribution in [-0.4, -0.2) is 133 Å². The van der Waals surface area contributed by atoms with Crippen LogP contribution in [0.25, 0.3) is 0 Å². The lowest BCUT2D eigenvalue weighted by molar-refractivity contribution is -0.185. The van der Waals surface area contributed by atoms with E-state index in [2.05, 4.69) is 10.3 Å². The predicted molar refractivity (Wildman–Crippen MR) is 309 cm³/mol. The molecule has 8 rings (SSSR count). The van der Waals surface area contributed by atoms with Crippen molar-refractivity contribution in [2.75, 3.05) is 52.4 Å². The Hall–Kier alpha value is -6.42. The molecule has 480 valence electrons. The van der Waals surface area contributed by atoms with Crippen LogP contribution in [-0.2, 0) is 87.1 Å². The van der Waals surface area contributed by atoms with Crippen LogP contribution in [0.2, 0.25) is 20.1 Å². The van der Waals surface area contributed by atoms with Gasteiger partial charge >= 0.3 is 52.0 Å². The number of carbonyl (C=O) groups is 4. The van der Waals surface area contributed by atoms with Crippen LogP contribution >= 0.6 is 46.4 Å². The second kappa shape index (κ2) is 29.5. The lowest BCUT2D eigenvalue weighted by Gasteiger charge is -2.26. The summed E-state index contributed by atoms with van der Waals surface area (Å²) < 4.78 is 150. The summed E-state index contributed by atoms with van der Waals surface area (Å²) in [5, 5.41) is 19.3. The van der Waals surface area contributed by atoms with Crippen molar-refractivity contribution >= 4 is 80.5 Å². The molecule has 0 spiro atoms. The summed E-state index contributed by atoms with van der Waals surface area (Å²) in [6.07, 6.45) is -7.66. The van der Waals surface area contributed by atoms with Gasteiger partial charge < -0.3 is 39.0 Å². The molecular weight excluding hydrogens is 1280 g/mol. The van der Waals surface area contributed by atoms with Gasteiger partial charge in [0.25, 0.3) is 0 Å². The Morgan fingerprint density at radius 2 is 0.795 bits per heavy atom. The van der Waals surface area contributed by atoms with E-state index in [9.17, 15) is 72.4 Å². The smallest absolute Gasteiger partial charge is 0.444 e. The molecule has 0 saturated carbocycles. The van der Waals surface area contributed by atoms with Gasteiger partial charge in [-0.05, 0) is 162 Å². The van der Waals surface area contributed by atoms with Crippen LogP contribution in [0, 0.1) is 22.7 Å². The summed E-state index contributed by atoms with van der Waals surface area (Å²) in [5.74, 6) is -4.74. The molecule has 4 aliphatic rings. The first-order chi connectivity index (χ1) is 40.7. The lowest BCUT2D eigenvalue weighted by atomic mass is 9.97. The number of halogens is 13. The van der Waals surface area contributed by atoms with E-state index in [4.69, 9.17) is 66.9 Å². The van der Waals surface area contributed by atoms with Crippen LogP contribution < -0.4 is 9.92 Å². The maximum absolute atomic E-state index is 12.6. The lowest BCUT2D eigenvalue weighted by Crippen LogP contribution is -2.42. The summed E-state index contributed by atoms with van der Waals surface area (Å²) in [7, 11) is -6.02. The summed E-state index contributed by atoms with van der Waals surface area (Å²) >= 11 is 23.9. The monoisotopic (exact) mass is 1340 g/mol. The van der Waals surface area contributed by atoms with Gasteiger partial charge in [0.2, 0.25) is 0 Å². The Balaban J connectivity index is 0.000000215. The summed E-state index contributed by atoms with van der Waals surface area (Å²) in [4.78, 5) is 51.6. The number of amides is 4. The number of alkyl halides is 9. The molecule has 4 heterocycles. The molecule has 4 aromatic carbocycles. The zero-order chi connectivity index (χ0) is 66.1. The fourth-order valence-electron chi connectivity index (χ4n) is 9.72. The van der Waals surface area contributed by atoms with Gasteiger partial charge in [-0.25, -0.2) is 9.59 Å². The van der Waals surface area contributed by atoms with Crippen molar-refractivity contribution in [3.63, 3.8) is 0 Å². The van der Waals surface area contributed by atoms with Crippen molar-refractivity contribution in [1.82, 2.24) is 19.6 Å². The minimum atomic E-state index is -6.02. The number of hydrogen-bond acceptors (Lipinski definition) is 12. The minimum Gasteiger partial charge on any atom is -0.444 e. The van der Waals surface area contributed by atoms with Crippen molar-refractivity contribution in [3.8, 4) is 17.9 Å². The van der Waals surface area contributed by atoms with Crippen LogP contribution in [0.3, 0.4) is 0 Å². The first kappa shape index (κ1) is 72.3. The van der Waals surface area contributed by atoms with E-state index in [1.807, 2.05) is 65.8 Å². The molecule has 16 nitrogen and oxygen atoms in total. The van der Waals surface area contributed by atoms with Crippen molar-refractivity contribution in [1.29, 1.82) is 10.5 Å². The minimum absolute atomic E-state index is 0.0160. The molecule has 4 amide bonds. The highest BCUT2D eigenvalue weighted by molar-refractivity contribution is 7.88. The normalized spacial score (nSPS) is 15.4. The highest BCUT2D eigenvalue weighted by Gasteiger charge is 2.50. The molecule has 0 radical (unpaired) electrons. The predicted octanol–water partition coefficient (Wildman–Crippen LogP) is 12.4. The Bertz CT molecular complexity index is 3450. The summed E-state index contributed by atoms with van der Waals surface area (Å²) in [5.41, 5.74) is 6.95. The first-order valence-corrected chi connectivity index (χ1v) is 30.0. The maximum atomic E-state index is 12.6. The number of benzene rings is 4. The van der Waals surface area contributed by atoms with E-state index < -0.39 is 68.3 Å². The number of ether oxygens (including phenoxy) is 2. The fraction of sp³-hybridized carbons (Fsp3) is 0.483. The first-order valence-electron chi connectivity index (χ1n) is 27.1. The quantitative estimate of drug-likeness (QED) is 0.115. The molecule has 4 aliphatic heterocycles. The molecule has 4 aromatic rings. The van der Waals surface area contributed by atoms with E-state index in [1.54, 1.807) is 28.0 Å². The van der Waals surface area contributed by atoms with E-state index in [-0.39, 0.29) is 79.2 Å². The van der Waals surface area contributed by atoms with Gasteiger partial charge in [-0.15, -0.1) is 0 Å². The third-order valence-electron chi connectivity index (χ3n) is 13.9. The van der Waals surface area contributed by atoms with E-state index >= 15 is 0 Å². The van der Waals surface area contributed by atoms with Crippen molar-refractivity contribution in [3.05, 3.63) is 130 Å². The standard InChI is InChI=1S/C16H23ClN2O2.C16H19ClN2O2.C13H10ClF6NO4S.C13H10ClF3N2O/c2*1-16(2,3)21-15(20)19-8-6-11-4-5-14(17)13(10-18)12(11)7-9-19;14-9-2-1-7-3-5-21(11(22)12(15,16)17)6-4-8(7)10(9)25-26(23,24)13(18,19)20;14-11-2-1-8-3-5-19(12(20)13(15,16)17)6-4-9(8)10(11)7-18/h4-5H,6-10,18H2,1-3H3;4-5H,6-9H2,1-3H3;1-2H,3-6H2;1-2H,3-6H2. The van der Waals surface area contributed by atoms with Gasteiger partial charge in [0.1, 0.15) is 23.3 Å². The molecule has 0 bridgehead atoms. The number of carbonyl (C=O) groups excluding carboxylic acids is 4. The second-order valence-electron chi connectivity index (χ2n) is 22.2. The number of nitriles is 2. The zero-order valence-corrected chi connectivity index (χ0v) is 52.2. The number of nitrogens with zero attached hydrogens (tertiary/aromatic N) is 6. The highest BCUT2D eigenvalue weighted by atomic mass is 35.5. The molecule has 88 heavy (non-hydrogen) atoms. The molecular formula is C58H62Cl4F9N7O9S. The van der Waals surface area contributed by atoms with Gasteiger partial charge in [-0.1, -0.05) is 70.7 Å². The van der Waals surface area contributed by atoms with Crippen LogP contribution in [0.15, 0.2) is 48.5 Å².